The van der Waals surface area contributed by atoms with Crippen LogP contribution in [0.2, 0.25) is 0 Å². The molecule has 0 radical (unpaired) electrons. The Balaban J connectivity index is 1.88. The second-order valence-electron chi connectivity index (χ2n) is 5.06. The standard InChI is InChI=1S/C14H17N5O3/c1-3-7-22-19-13-8-12(9-16(10-13)14(19)21)18(11(2)20)17-6-4-5-15-17/h3-6,8,13H,1,7,9-10H2,2H3. The first-order chi connectivity index (χ1) is 10.6. The summed E-state index contributed by atoms with van der Waals surface area (Å²) in [4.78, 5) is 32.7. The van der Waals surface area contributed by atoms with E-state index in [9.17, 15) is 9.59 Å². The molecule has 0 aromatic carbocycles. The van der Waals surface area contributed by atoms with Gasteiger partial charge in [-0.15, -0.1) is 6.58 Å². The molecule has 3 heterocycles. The Labute approximate surface area is 127 Å². The van der Waals surface area contributed by atoms with E-state index in [1.54, 1.807) is 29.4 Å². The van der Waals surface area contributed by atoms with Crippen LogP contribution in [-0.2, 0) is 9.63 Å². The summed E-state index contributed by atoms with van der Waals surface area (Å²) in [5.41, 5.74) is 0.700. The molecule has 0 N–H and O–H groups in total. The summed E-state index contributed by atoms with van der Waals surface area (Å²) in [6, 6.07) is 1.30. The molecule has 1 aromatic rings. The maximum atomic E-state index is 12.3. The molecule has 8 heteroatoms. The Morgan fingerprint density at radius 2 is 2.45 bits per heavy atom. The largest absolute Gasteiger partial charge is 0.345 e. The van der Waals surface area contributed by atoms with Crippen LogP contribution in [0, 0.1) is 0 Å². The number of rotatable bonds is 5. The lowest BCUT2D eigenvalue weighted by molar-refractivity contribution is -0.117. The van der Waals surface area contributed by atoms with Crippen LogP contribution in [-0.4, -0.2) is 57.5 Å². The van der Waals surface area contributed by atoms with Crippen LogP contribution in [0.15, 0.2) is 42.9 Å². The summed E-state index contributed by atoms with van der Waals surface area (Å²) >= 11 is 0. The lowest BCUT2D eigenvalue weighted by Crippen LogP contribution is -2.45. The van der Waals surface area contributed by atoms with E-state index in [1.165, 1.54) is 21.8 Å². The summed E-state index contributed by atoms with van der Waals surface area (Å²) in [5, 5.41) is 6.87. The molecular weight excluding hydrogens is 286 g/mol. The lowest BCUT2D eigenvalue weighted by Gasteiger charge is -2.29. The number of hydroxylamine groups is 2. The number of nitrogens with zero attached hydrogens (tertiary/aromatic N) is 5. The average Bonchev–Trinajstić information content (AvgIpc) is 3.07. The van der Waals surface area contributed by atoms with Crippen LogP contribution < -0.4 is 5.01 Å². The van der Waals surface area contributed by atoms with Crippen molar-refractivity contribution < 1.29 is 14.4 Å². The molecule has 8 nitrogen and oxygen atoms in total. The third kappa shape index (κ3) is 2.37. The highest BCUT2D eigenvalue weighted by Gasteiger charge is 2.42. The highest BCUT2D eigenvalue weighted by Crippen LogP contribution is 2.25. The smallest absolute Gasteiger partial charge is 0.314 e. The molecule has 3 rings (SSSR count). The predicted octanol–water partition coefficient (Wildman–Crippen LogP) is 0.489. The quantitative estimate of drug-likeness (QED) is 0.742. The first-order valence-corrected chi connectivity index (χ1v) is 6.95. The fraction of sp³-hybridized carbons (Fsp3) is 0.357. The monoisotopic (exact) mass is 303 g/mol. The highest BCUT2D eigenvalue weighted by molar-refractivity contribution is 5.87. The van der Waals surface area contributed by atoms with Gasteiger partial charge in [0.2, 0.25) is 5.91 Å². The van der Waals surface area contributed by atoms with Crippen LogP contribution in [0.1, 0.15) is 6.92 Å². The van der Waals surface area contributed by atoms with E-state index in [1.807, 2.05) is 6.08 Å². The Kier molecular flexibility index (Phi) is 3.68. The van der Waals surface area contributed by atoms with Crippen molar-refractivity contribution in [2.75, 3.05) is 24.7 Å². The third-order valence-corrected chi connectivity index (χ3v) is 3.50. The van der Waals surface area contributed by atoms with Gasteiger partial charge >= 0.3 is 6.03 Å². The molecule has 116 valence electrons. The van der Waals surface area contributed by atoms with E-state index in [2.05, 4.69) is 11.7 Å². The minimum absolute atomic E-state index is 0.177. The van der Waals surface area contributed by atoms with Crippen LogP contribution >= 0.6 is 0 Å². The summed E-state index contributed by atoms with van der Waals surface area (Å²) in [5.74, 6) is -0.177. The number of aromatic nitrogens is 2. The Bertz CT molecular complexity index is 624. The maximum absolute atomic E-state index is 12.3. The van der Waals surface area contributed by atoms with Crippen molar-refractivity contribution in [2.45, 2.75) is 13.0 Å². The highest BCUT2D eigenvalue weighted by atomic mass is 16.7. The lowest BCUT2D eigenvalue weighted by atomic mass is 10.2. The predicted molar refractivity (Wildman–Crippen MR) is 78.0 cm³/mol. The van der Waals surface area contributed by atoms with Crippen molar-refractivity contribution in [3.8, 4) is 0 Å². The Morgan fingerprint density at radius 3 is 3.09 bits per heavy atom. The van der Waals surface area contributed by atoms with Crippen molar-refractivity contribution in [1.29, 1.82) is 0 Å². The van der Waals surface area contributed by atoms with Crippen molar-refractivity contribution >= 4 is 11.9 Å². The van der Waals surface area contributed by atoms with Crippen LogP contribution in [0.5, 0.6) is 0 Å². The SMILES string of the molecule is C=CCON1C(=O)N2CC(N(C(C)=O)n3cccn3)=CC1C2. The Morgan fingerprint density at radius 1 is 1.64 bits per heavy atom. The second kappa shape index (κ2) is 5.64. The van der Waals surface area contributed by atoms with E-state index in [0.29, 0.717) is 18.8 Å². The van der Waals surface area contributed by atoms with E-state index in [4.69, 9.17) is 4.84 Å². The fourth-order valence-corrected chi connectivity index (χ4v) is 2.66. The number of carbonyl (C=O) groups is 2. The van der Waals surface area contributed by atoms with Gasteiger partial charge in [0.1, 0.15) is 0 Å². The number of hydrogen-bond acceptors (Lipinski definition) is 4. The Hall–Kier alpha value is -2.61. The molecule has 1 atom stereocenters. The molecule has 3 amide bonds. The zero-order valence-electron chi connectivity index (χ0n) is 12.3. The maximum Gasteiger partial charge on any atom is 0.345 e. The number of amides is 3. The van der Waals surface area contributed by atoms with Gasteiger partial charge in [0.25, 0.3) is 0 Å². The first kappa shape index (κ1) is 14.3. The van der Waals surface area contributed by atoms with E-state index < -0.39 is 0 Å². The van der Waals surface area contributed by atoms with Gasteiger partial charge in [-0.05, 0) is 12.1 Å². The summed E-state index contributed by atoms with van der Waals surface area (Å²) < 4.78 is 0. The summed E-state index contributed by atoms with van der Waals surface area (Å²) in [6.45, 7) is 6.18. The number of fused-ring (bicyclic) bond motifs is 2. The van der Waals surface area contributed by atoms with Crippen LogP contribution in [0.4, 0.5) is 4.79 Å². The molecule has 0 saturated carbocycles. The minimum atomic E-state index is -0.228. The van der Waals surface area contributed by atoms with Gasteiger partial charge in [0, 0.05) is 19.7 Å². The molecule has 1 unspecified atom stereocenters. The van der Waals surface area contributed by atoms with Gasteiger partial charge in [-0.2, -0.15) is 15.0 Å². The molecule has 2 bridgehead atoms. The van der Waals surface area contributed by atoms with E-state index in [0.717, 1.165) is 0 Å². The summed E-state index contributed by atoms with van der Waals surface area (Å²) in [7, 11) is 0. The molecule has 1 saturated heterocycles. The topological polar surface area (TPSA) is 70.9 Å². The van der Waals surface area contributed by atoms with Gasteiger partial charge in [-0.3, -0.25) is 9.63 Å². The molecule has 1 fully saturated rings. The van der Waals surface area contributed by atoms with Gasteiger partial charge < -0.3 is 4.90 Å². The van der Waals surface area contributed by atoms with Gasteiger partial charge in [0.05, 0.1) is 31.1 Å². The van der Waals surface area contributed by atoms with Gasteiger partial charge in [0.15, 0.2) is 0 Å². The zero-order chi connectivity index (χ0) is 15.7. The van der Waals surface area contributed by atoms with Crippen molar-refractivity contribution in [1.82, 2.24) is 19.9 Å². The summed E-state index contributed by atoms with van der Waals surface area (Å²) in [6.07, 6.45) is 6.73. The first-order valence-electron chi connectivity index (χ1n) is 6.95. The van der Waals surface area contributed by atoms with Crippen LogP contribution in [0.3, 0.4) is 0 Å². The van der Waals surface area contributed by atoms with Crippen molar-refractivity contribution in [2.24, 2.45) is 0 Å². The van der Waals surface area contributed by atoms with E-state index in [-0.39, 0.29) is 24.6 Å². The number of urea groups is 1. The third-order valence-electron chi connectivity index (χ3n) is 3.50. The van der Waals surface area contributed by atoms with Crippen molar-refractivity contribution in [3.05, 3.63) is 42.9 Å². The van der Waals surface area contributed by atoms with E-state index >= 15 is 0 Å². The minimum Gasteiger partial charge on any atom is -0.314 e. The average molecular weight is 303 g/mol. The molecule has 0 aliphatic carbocycles. The second-order valence-corrected chi connectivity index (χ2v) is 5.06. The van der Waals surface area contributed by atoms with Crippen LogP contribution in [0.25, 0.3) is 0 Å². The fourth-order valence-electron chi connectivity index (χ4n) is 2.66. The zero-order valence-corrected chi connectivity index (χ0v) is 12.3. The molecule has 0 spiro atoms. The molecule has 1 aromatic heterocycles. The van der Waals surface area contributed by atoms with Gasteiger partial charge in [-0.1, -0.05) is 6.08 Å². The number of hydrogen-bond donors (Lipinski definition) is 0. The van der Waals surface area contributed by atoms with Crippen molar-refractivity contribution in [3.63, 3.8) is 0 Å². The molecule has 22 heavy (non-hydrogen) atoms. The van der Waals surface area contributed by atoms with Gasteiger partial charge in [-0.25, -0.2) is 9.80 Å². The molecule has 2 aliphatic heterocycles. The normalized spacial score (nSPS) is 20.1. The number of carbonyl (C=O) groups excluding carboxylic acids is 2. The molecular formula is C14H17N5O3. The molecule has 2 aliphatic rings.